The van der Waals surface area contributed by atoms with Crippen molar-refractivity contribution >= 4 is 23.7 Å². The van der Waals surface area contributed by atoms with E-state index in [0.29, 0.717) is 0 Å². The normalized spacial score (nSPS) is 16.3. The molecule has 2 rings (SSSR count). The summed E-state index contributed by atoms with van der Waals surface area (Å²) in [6.07, 6.45) is 4.33. The molecular weight excluding hydrogens is 266 g/mol. The maximum absolute atomic E-state index is 11.6. The number of imide groups is 1. The first kappa shape index (κ1) is 13.9. The van der Waals surface area contributed by atoms with Gasteiger partial charge in [0.2, 0.25) is 5.91 Å². The number of nitrogens with one attached hydrogen (secondary N) is 1. The lowest BCUT2D eigenvalue weighted by Crippen LogP contribution is -2.39. The molecule has 0 bridgehead atoms. The lowest BCUT2D eigenvalue weighted by molar-refractivity contribution is -0.119. The molecule has 0 fully saturated rings. The summed E-state index contributed by atoms with van der Waals surface area (Å²) in [5.74, 6) is 0.561. The van der Waals surface area contributed by atoms with E-state index in [1.54, 1.807) is 6.92 Å². The van der Waals surface area contributed by atoms with Gasteiger partial charge in [0.05, 0.1) is 5.25 Å². The molecule has 0 saturated heterocycles. The van der Waals surface area contributed by atoms with Gasteiger partial charge in [0.15, 0.2) is 5.16 Å². The van der Waals surface area contributed by atoms with Crippen LogP contribution in [0.2, 0.25) is 0 Å². The first-order valence-electron chi connectivity index (χ1n) is 6.27. The van der Waals surface area contributed by atoms with Crippen LogP contribution >= 0.6 is 11.8 Å². The zero-order valence-electron chi connectivity index (χ0n) is 10.8. The second-order valence-electron chi connectivity index (χ2n) is 4.47. The van der Waals surface area contributed by atoms with Crippen molar-refractivity contribution < 1.29 is 9.59 Å². The number of carbonyl (C=O) groups is 2. The van der Waals surface area contributed by atoms with Crippen LogP contribution in [-0.2, 0) is 17.8 Å². The van der Waals surface area contributed by atoms with Gasteiger partial charge in [-0.3, -0.25) is 10.1 Å². The Balaban J connectivity index is 2.05. The Morgan fingerprint density at radius 3 is 2.89 bits per heavy atom. The lowest BCUT2D eigenvalue weighted by Gasteiger charge is -2.11. The predicted molar refractivity (Wildman–Crippen MR) is 70.6 cm³/mol. The molecule has 2 heterocycles. The minimum absolute atomic E-state index is 0.413. The van der Waals surface area contributed by atoms with Crippen molar-refractivity contribution in [2.75, 3.05) is 0 Å². The molecule has 0 aromatic carbocycles. The van der Waals surface area contributed by atoms with E-state index in [4.69, 9.17) is 5.73 Å². The van der Waals surface area contributed by atoms with Crippen LogP contribution in [0.3, 0.4) is 0 Å². The summed E-state index contributed by atoms with van der Waals surface area (Å²) in [6, 6.07) is -0.836. The Morgan fingerprint density at radius 2 is 2.16 bits per heavy atom. The molecule has 7 nitrogen and oxygen atoms in total. The van der Waals surface area contributed by atoms with Crippen molar-refractivity contribution in [1.29, 1.82) is 0 Å². The minimum atomic E-state index is -0.836. The number of hydrogen-bond donors (Lipinski definition) is 2. The number of carbonyl (C=O) groups excluding carboxylic acids is 2. The highest BCUT2D eigenvalue weighted by molar-refractivity contribution is 8.00. The highest BCUT2D eigenvalue weighted by atomic mass is 32.2. The molecule has 8 heteroatoms. The van der Waals surface area contributed by atoms with Crippen molar-refractivity contribution in [3.8, 4) is 0 Å². The van der Waals surface area contributed by atoms with E-state index in [-0.39, 0.29) is 0 Å². The Kier molecular flexibility index (Phi) is 4.41. The number of amides is 3. The summed E-state index contributed by atoms with van der Waals surface area (Å²) in [7, 11) is 0. The van der Waals surface area contributed by atoms with Crippen molar-refractivity contribution in [3.05, 3.63) is 5.82 Å². The van der Waals surface area contributed by atoms with Crippen molar-refractivity contribution in [2.24, 2.45) is 5.73 Å². The second-order valence-corrected chi connectivity index (χ2v) is 5.78. The number of aromatic nitrogens is 3. The van der Waals surface area contributed by atoms with Crippen molar-refractivity contribution in [3.63, 3.8) is 0 Å². The molecular formula is C11H17N5O2S. The number of nitrogens with zero attached hydrogens (tertiary/aromatic N) is 3. The third kappa shape index (κ3) is 3.46. The molecule has 19 heavy (non-hydrogen) atoms. The first-order valence-corrected chi connectivity index (χ1v) is 7.15. The monoisotopic (exact) mass is 283 g/mol. The van der Waals surface area contributed by atoms with Gasteiger partial charge in [-0.1, -0.05) is 18.2 Å². The zero-order valence-corrected chi connectivity index (χ0v) is 11.6. The Bertz CT molecular complexity index is 487. The highest BCUT2D eigenvalue weighted by Gasteiger charge is 2.21. The molecule has 3 N–H and O–H groups in total. The molecule has 104 valence electrons. The average Bonchev–Trinajstić information content (AvgIpc) is 2.59. The molecule has 1 aliphatic rings. The average molecular weight is 283 g/mol. The van der Waals surface area contributed by atoms with Crippen LogP contribution in [0.25, 0.3) is 0 Å². The van der Waals surface area contributed by atoms with Crippen LogP contribution in [0.1, 0.15) is 32.0 Å². The van der Waals surface area contributed by atoms with Gasteiger partial charge in [-0.15, -0.1) is 10.2 Å². The standard InChI is InChI=1S/C11H17N5O2S/c1-7(9(17)13-10(12)18)19-11-15-14-8-5-3-2-4-6-16(8)11/h7H,2-6H2,1H3,(H3,12,13,17,18)/t7-/m1/s1. The van der Waals surface area contributed by atoms with E-state index in [1.807, 2.05) is 0 Å². The molecule has 1 aliphatic heterocycles. The number of fused-ring (bicyclic) bond motifs is 1. The van der Waals surface area contributed by atoms with Crippen LogP contribution in [0.4, 0.5) is 4.79 Å². The molecule has 1 aromatic heterocycles. The highest BCUT2D eigenvalue weighted by Crippen LogP contribution is 2.25. The van der Waals surface area contributed by atoms with Crippen LogP contribution in [0, 0.1) is 0 Å². The smallest absolute Gasteiger partial charge is 0.318 e. The van der Waals surface area contributed by atoms with Gasteiger partial charge in [-0.25, -0.2) is 4.79 Å². The number of nitrogens with two attached hydrogens (primary N) is 1. The van der Waals surface area contributed by atoms with Gasteiger partial charge in [0.1, 0.15) is 5.82 Å². The fraction of sp³-hybridized carbons (Fsp3) is 0.636. The third-order valence-corrected chi connectivity index (χ3v) is 4.05. The Morgan fingerprint density at radius 1 is 1.37 bits per heavy atom. The number of thioether (sulfide) groups is 1. The maximum Gasteiger partial charge on any atom is 0.318 e. The number of rotatable bonds is 3. The van der Waals surface area contributed by atoms with Crippen LogP contribution in [0.5, 0.6) is 0 Å². The van der Waals surface area contributed by atoms with E-state index >= 15 is 0 Å². The topological polar surface area (TPSA) is 103 Å². The van der Waals surface area contributed by atoms with Gasteiger partial charge in [-0.2, -0.15) is 0 Å². The summed E-state index contributed by atoms with van der Waals surface area (Å²) in [6.45, 7) is 2.59. The molecule has 0 spiro atoms. The summed E-state index contributed by atoms with van der Waals surface area (Å²) < 4.78 is 2.06. The zero-order chi connectivity index (χ0) is 13.8. The van der Waals surface area contributed by atoms with Gasteiger partial charge in [0, 0.05) is 13.0 Å². The van der Waals surface area contributed by atoms with Gasteiger partial charge >= 0.3 is 6.03 Å². The first-order chi connectivity index (χ1) is 9.08. The van der Waals surface area contributed by atoms with E-state index in [2.05, 4.69) is 20.1 Å². The Hall–Kier alpha value is -1.57. The van der Waals surface area contributed by atoms with Crippen LogP contribution in [-0.4, -0.2) is 32.0 Å². The molecule has 1 aromatic rings. The molecule has 3 amide bonds. The van der Waals surface area contributed by atoms with E-state index in [1.165, 1.54) is 18.2 Å². The van der Waals surface area contributed by atoms with Crippen LogP contribution < -0.4 is 11.1 Å². The summed E-state index contributed by atoms with van der Waals surface area (Å²) in [5, 5.41) is 10.6. The van der Waals surface area contributed by atoms with Gasteiger partial charge < -0.3 is 10.3 Å². The lowest BCUT2D eigenvalue weighted by atomic mass is 10.2. The minimum Gasteiger partial charge on any atom is -0.351 e. The summed E-state index contributed by atoms with van der Waals surface area (Å²) in [5.41, 5.74) is 4.92. The van der Waals surface area contributed by atoms with Gasteiger partial charge in [0.25, 0.3) is 0 Å². The number of primary amides is 1. The largest absolute Gasteiger partial charge is 0.351 e. The number of aryl methyl sites for hydroxylation is 1. The van der Waals surface area contributed by atoms with Crippen LogP contribution in [0.15, 0.2) is 5.16 Å². The molecule has 0 unspecified atom stereocenters. The number of hydrogen-bond acceptors (Lipinski definition) is 5. The summed E-state index contributed by atoms with van der Waals surface area (Å²) in [4.78, 5) is 22.3. The molecule has 0 radical (unpaired) electrons. The molecule has 0 saturated carbocycles. The SMILES string of the molecule is C[C@@H](Sc1nnc2n1CCCCC2)C(=O)NC(N)=O. The molecule has 1 atom stereocenters. The maximum atomic E-state index is 11.6. The van der Waals surface area contributed by atoms with E-state index in [0.717, 1.165) is 36.8 Å². The quantitative estimate of drug-likeness (QED) is 0.794. The summed E-state index contributed by atoms with van der Waals surface area (Å²) >= 11 is 1.29. The van der Waals surface area contributed by atoms with E-state index < -0.39 is 17.2 Å². The van der Waals surface area contributed by atoms with Crippen molar-refractivity contribution in [2.45, 2.75) is 49.6 Å². The fourth-order valence-electron chi connectivity index (χ4n) is 1.98. The van der Waals surface area contributed by atoms with Gasteiger partial charge in [-0.05, 0) is 19.8 Å². The fourth-order valence-corrected chi connectivity index (χ4v) is 2.87. The van der Waals surface area contributed by atoms with Crippen molar-refractivity contribution in [1.82, 2.24) is 20.1 Å². The molecule has 0 aliphatic carbocycles. The predicted octanol–water partition coefficient (Wildman–Crippen LogP) is 0.680. The number of urea groups is 1. The van der Waals surface area contributed by atoms with E-state index in [9.17, 15) is 9.59 Å². The Labute approximate surface area is 115 Å². The third-order valence-electron chi connectivity index (χ3n) is 2.97. The second kappa shape index (κ2) is 6.05.